The van der Waals surface area contributed by atoms with Crippen molar-refractivity contribution in [1.29, 1.82) is 0 Å². The molecule has 30 heavy (non-hydrogen) atoms. The summed E-state index contributed by atoms with van der Waals surface area (Å²) in [6.45, 7) is 0.435. The molecule has 152 valence electrons. The third kappa shape index (κ3) is 3.07. The van der Waals surface area contributed by atoms with Crippen LogP contribution in [-0.4, -0.2) is 32.6 Å². The Kier molecular flexibility index (Phi) is 4.38. The van der Waals surface area contributed by atoms with Gasteiger partial charge in [0.1, 0.15) is 11.6 Å². The zero-order chi connectivity index (χ0) is 20.8. The second kappa shape index (κ2) is 7.09. The third-order valence-corrected chi connectivity index (χ3v) is 5.66. The summed E-state index contributed by atoms with van der Waals surface area (Å²) in [5.41, 5.74) is 4.43. The van der Waals surface area contributed by atoms with Crippen LogP contribution in [-0.2, 0) is 19.4 Å². The van der Waals surface area contributed by atoms with Crippen molar-refractivity contribution in [2.45, 2.75) is 25.8 Å². The summed E-state index contributed by atoms with van der Waals surface area (Å²) in [6, 6.07) is 11.2. The third-order valence-electron chi connectivity index (χ3n) is 5.66. The van der Waals surface area contributed by atoms with E-state index in [0.29, 0.717) is 17.9 Å². The zero-order valence-corrected chi connectivity index (χ0v) is 16.5. The van der Waals surface area contributed by atoms with E-state index >= 15 is 0 Å². The number of carbonyl (C=O) groups excluding carboxylic acids is 1. The minimum atomic E-state index is -0.670. The molecule has 1 N–H and O–H groups in total. The molecular formula is C23H20F2N4O. The molecule has 5 rings (SSSR count). The summed E-state index contributed by atoms with van der Waals surface area (Å²) in [7, 11) is 1.75. The first kappa shape index (κ1) is 18.5. The second-order valence-electron chi connectivity index (χ2n) is 7.68. The summed E-state index contributed by atoms with van der Waals surface area (Å²) in [5.74, 6) is -1.54. The molecule has 0 atom stereocenters. The topological polar surface area (TPSA) is 53.9 Å². The van der Waals surface area contributed by atoms with Crippen LogP contribution < -0.4 is 0 Å². The van der Waals surface area contributed by atoms with Crippen LogP contribution in [0, 0.1) is 11.6 Å². The van der Waals surface area contributed by atoms with Gasteiger partial charge in [0.2, 0.25) is 0 Å². The van der Waals surface area contributed by atoms with Gasteiger partial charge in [-0.1, -0.05) is 12.1 Å². The van der Waals surface area contributed by atoms with Gasteiger partial charge in [0.25, 0.3) is 5.91 Å². The molecule has 0 spiro atoms. The number of nitrogens with one attached hydrogen (secondary N) is 1. The number of halogens is 2. The van der Waals surface area contributed by atoms with Crippen molar-refractivity contribution in [3.63, 3.8) is 0 Å². The first-order valence-corrected chi connectivity index (χ1v) is 9.89. The number of benzene rings is 2. The monoisotopic (exact) mass is 406 g/mol. The maximum absolute atomic E-state index is 13.7. The fraction of sp³-hybridized carbons (Fsp3) is 0.217. The van der Waals surface area contributed by atoms with Crippen molar-refractivity contribution in [2.75, 3.05) is 7.05 Å². The van der Waals surface area contributed by atoms with E-state index in [0.717, 1.165) is 53.1 Å². The minimum Gasteiger partial charge on any atom is -0.361 e. The Bertz CT molecular complexity index is 1250. The normalized spacial score (nSPS) is 13.0. The Morgan fingerprint density at radius 2 is 1.97 bits per heavy atom. The summed E-state index contributed by atoms with van der Waals surface area (Å²) in [4.78, 5) is 18.1. The molecule has 0 radical (unpaired) electrons. The lowest BCUT2D eigenvalue weighted by Gasteiger charge is -2.17. The van der Waals surface area contributed by atoms with E-state index in [1.165, 1.54) is 16.8 Å². The SMILES string of the molecule is CN(Cc1cccc2[nH]ccc12)C(=O)c1nn(-c2cc(F)cc(F)c2)c2c1CCC2. The summed E-state index contributed by atoms with van der Waals surface area (Å²) in [5, 5.41) is 5.56. The average molecular weight is 406 g/mol. The molecular weight excluding hydrogens is 386 g/mol. The smallest absolute Gasteiger partial charge is 0.274 e. The summed E-state index contributed by atoms with van der Waals surface area (Å²) >= 11 is 0. The Morgan fingerprint density at radius 3 is 2.77 bits per heavy atom. The molecule has 2 aromatic heterocycles. The van der Waals surface area contributed by atoms with E-state index in [1.807, 2.05) is 30.5 Å². The molecule has 1 aliphatic carbocycles. The molecule has 7 heteroatoms. The van der Waals surface area contributed by atoms with E-state index < -0.39 is 11.6 Å². The van der Waals surface area contributed by atoms with Crippen LogP contribution in [0.1, 0.15) is 33.7 Å². The Balaban J connectivity index is 1.49. The van der Waals surface area contributed by atoms with Gasteiger partial charge in [-0.2, -0.15) is 5.10 Å². The van der Waals surface area contributed by atoms with E-state index in [4.69, 9.17) is 0 Å². The highest BCUT2D eigenvalue weighted by molar-refractivity contribution is 5.94. The number of H-pyrrole nitrogens is 1. The number of hydrogen-bond donors (Lipinski definition) is 1. The molecule has 0 fully saturated rings. The molecule has 1 aliphatic rings. The maximum Gasteiger partial charge on any atom is 0.274 e. The Morgan fingerprint density at radius 1 is 1.17 bits per heavy atom. The second-order valence-corrected chi connectivity index (χ2v) is 7.68. The van der Waals surface area contributed by atoms with Crippen LogP contribution in [0.15, 0.2) is 48.7 Å². The molecule has 2 aromatic carbocycles. The summed E-state index contributed by atoms with van der Waals surface area (Å²) in [6.07, 6.45) is 4.22. The molecule has 0 aliphatic heterocycles. The quantitative estimate of drug-likeness (QED) is 0.546. The number of aromatic amines is 1. The van der Waals surface area contributed by atoms with Gasteiger partial charge in [0.05, 0.1) is 5.69 Å². The van der Waals surface area contributed by atoms with Gasteiger partial charge in [0.15, 0.2) is 5.69 Å². The predicted molar refractivity (Wildman–Crippen MR) is 110 cm³/mol. The van der Waals surface area contributed by atoms with Crippen LogP contribution in [0.5, 0.6) is 0 Å². The van der Waals surface area contributed by atoms with E-state index in [2.05, 4.69) is 10.1 Å². The van der Waals surface area contributed by atoms with Gasteiger partial charge < -0.3 is 9.88 Å². The average Bonchev–Trinajstić information content (AvgIpc) is 3.43. The molecule has 1 amide bonds. The highest BCUT2D eigenvalue weighted by Crippen LogP contribution is 2.29. The first-order valence-electron chi connectivity index (χ1n) is 9.89. The molecule has 4 aromatic rings. The van der Waals surface area contributed by atoms with Gasteiger partial charge in [-0.25, -0.2) is 13.5 Å². The molecule has 0 unspecified atom stereocenters. The molecule has 5 nitrogen and oxygen atoms in total. The standard InChI is InChI=1S/C23H20F2N4O/c1-28(13-14-4-2-6-20-18(14)8-9-26-20)23(30)22-19-5-3-7-21(19)29(27-22)17-11-15(24)10-16(25)12-17/h2,4,6,8-12,26H,3,5,7,13H2,1H3. The van der Waals surface area contributed by atoms with E-state index in [9.17, 15) is 13.6 Å². The fourth-order valence-corrected chi connectivity index (χ4v) is 4.28. The lowest BCUT2D eigenvalue weighted by Crippen LogP contribution is -2.27. The Labute approximate surface area is 171 Å². The van der Waals surface area contributed by atoms with Crippen LogP contribution in [0.2, 0.25) is 0 Å². The lowest BCUT2D eigenvalue weighted by molar-refractivity contribution is 0.0778. The van der Waals surface area contributed by atoms with Gasteiger partial charge in [-0.3, -0.25) is 4.79 Å². The number of hydrogen-bond acceptors (Lipinski definition) is 2. The van der Waals surface area contributed by atoms with Gasteiger partial charge in [-0.05, 0) is 49.1 Å². The number of carbonyl (C=O) groups is 1. The highest BCUT2D eigenvalue weighted by atomic mass is 19.1. The fourth-order valence-electron chi connectivity index (χ4n) is 4.28. The van der Waals surface area contributed by atoms with Crippen molar-refractivity contribution < 1.29 is 13.6 Å². The van der Waals surface area contributed by atoms with Crippen LogP contribution >= 0.6 is 0 Å². The molecule has 0 saturated carbocycles. The number of amides is 1. The van der Waals surface area contributed by atoms with Crippen LogP contribution in [0.25, 0.3) is 16.6 Å². The van der Waals surface area contributed by atoms with Crippen molar-refractivity contribution >= 4 is 16.8 Å². The largest absolute Gasteiger partial charge is 0.361 e. The van der Waals surface area contributed by atoms with Crippen molar-refractivity contribution in [3.05, 3.63) is 82.8 Å². The number of rotatable bonds is 4. The predicted octanol–water partition coefficient (Wildman–Crippen LogP) is 4.39. The van der Waals surface area contributed by atoms with Crippen LogP contribution in [0.4, 0.5) is 8.78 Å². The maximum atomic E-state index is 13.7. The first-order chi connectivity index (χ1) is 14.5. The van der Waals surface area contributed by atoms with E-state index in [1.54, 1.807) is 11.9 Å². The molecule has 0 saturated heterocycles. The molecule has 2 heterocycles. The minimum absolute atomic E-state index is 0.198. The number of aromatic nitrogens is 3. The molecule has 0 bridgehead atoms. The van der Waals surface area contributed by atoms with Crippen molar-refractivity contribution in [1.82, 2.24) is 19.7 Å². The van der Waals surface area contributed by atoms with Crippen LogP contribution in [0.3, 0.4) is 0 Å². The highest BCUT2D eigenvalue weighted by Gasteiger charge is 2.29. The summed E-state index contributed by atoms with van der Waals surface area (Å²) < 4.78 is 29.0. The number of nitrogens with zero attached hydrogens (tertiary/aromatic N) is 3. The lowest BCUT2D eigenvalue weighted by atomic mass is 10.1. The van der Waals surface area contributed by atoms with E-state index in [-0.39, 0.29) is 5.91 Å². The van der Waals surface area contributed by atoms with Gasteiger partial charge in [-0.15, -0.1) is 0 Å². The van der Waals surface area contributed by atoms with Gasteiger partial charge >= 0.3 is 0 Å². The van der Waals surface area contributed by atoms with Crippen molar-refractivity contribution in [3.8, 4) is 5.69 Å². The van der Waals surface area contributed by atoms with Gasteiger partial charge in [0, 0.05) is 48.0 Å². The van der Waals surface area contributed by atoms with Crippen molar-refractivity contribution in [2.24, 2.45) is 0 Å². The Hall–Kier alpha value is -3.48. The zero-order valence-electron chi connectivity index (χ0n) is 16.5. The number of fused-ring (bicyclic) bond motifs is 2.